The van der Waals surface area contributed by atoms with Gasteiger partial charge in [-0.3, -0.25) is 0 Å². The van der Waals surface area contributed by atoms with E-state index in [4.69, 9.17) is 19.2 Å². The molecule has 0 aromatic heterocycles. The number of allylic oxidation sites excluding steroid dienone is 2. The zero-order valence-corrected chi connectivity index (χ0v) is 8.09. The second kappa shape index (κ2) is 5.49. The standard InChI is InChI=1S/C6H12.H3O4P/c1-5(2)6(3)4;1-5(2,3)4/h1-4H3;(H3,1,2,3,4). The summed E-state index contributed by atoms with van der Waals surface area (Å²) < 4.78 is 8.88. The predicted molar refractivity (Wildman–Crippen MR) is 44.0 cm³/mol. The number of hydrogen-bond acceptors (Lipinski definition) is 1. The van der Waals surface area contributed by atoms with Crippen molar-refractivity contribution in [2.24, 2.45) is 0 Å². The van der Waals surface area contributed by atoms with Gasteiger partial charge in [-0.2, -0.15) is 0 Å². The Morgan fingerprint density at radius 3 is 1.00 bits per heavy atom. The molecule has 4 nitrogen and oxygen atoms in total. The van der Waals surface area contributed by atoms with Gasteiger partial charge in [-0.15, -0.1) is 0 Å². The molecule has 0 radical (unpaired) electrons. The van der Waals surface area contributed by atoms with Crippen LogP contribution in [0.25, 0.3) is 0 Å². The second-order valence-electron chi connectivity index (χ2n) is 2.51. The van der Waals surface area contributed by atoms with Gasteiger partial charge in [-0.05, 0) is 27.7 Å². The third-order valence-corrected chi connectivity index (χ3v) is 1.00. The molecule has 0 amide bonds. The molecule has 0 aliphatic rings. The average Bonchev–Trinajstić information content (AvgIpc) is 1.59. The van der Waals surface area contributed by atoms with Crippen LogP contribution in [0.5, 0.6) is 0 Å². The van der Waals surface area contributed by atoms with Crippen LogP contribution in [-0.2, 0) is 4.57 Å². The summed E-state index contributed by atoms with van der Waals surface area (Å²) >= 11 is 0. The summed E-state index contributed by atoms with van der Waals surface area (Å²) in [6.07, 6.45) is 0. The molecule has 3 N–H and O–H groups in total. The molecule has 0 aromatic rings. The van der Waals surface area contributed by atoms with Gasteiger partial charge in [0.1, 0.15) is 0 Å². The van der Waals surface area contributed by atoms with Crippen molar-refractivity contribution in [1.82, 2.24) is 0 Å². The number of rotatable bonds is 0. The average molecular weight is 182 g/mol. The Morgan fingerprint density at radius 1 is 0.909 bits per heavy atom. The number of hydrogen-bond donors (Lipinski definition) is 3. The normalized spacial score (nSPS) is 9.73. The minimum Gasteiger partial charge on any atom is -0.303 e. The molecule has 0 aliphatic heterocycles. The summed E-state index contributed by atoms with van der Waals surface area (Å²) in [6.45, 7) is 8.48. The van der Waals surface area contributed by atoms with Crippen molar-refractivity contribution in [2.75, 3.05) is 0 Å². The molecule has 0 bridgehead atoms. The molecule has 0 spiro atoms. The lowest BCUT2D eigenvalue weighted by Crippen LogP contribution is -1.66. The smallest absolute Gasteiger partial charge is 0.303 e. The van der Waals surface area contributed by atoms with E-state index in [9.17, 15) is 0 Å². The second-order valence-corrected chi connectivity index (χ2v) is 3.54. The van der Waals surface area contributed by atoms with Crippen LogP contribution >= 0.6 is 7.82 Å². The van der Waals surface area contributed by atoms with Gasteiger partial charge < -0.3 is 14.7 Å². The van der Waals surface area contributed by atoms with Crippen LogP contribution in [0, 0.1) is 0 Å². The first kappa shape index (κ1) is 13.4. The monoisotopic (exact) mass is 182 g/mol. The molecule has 0 rings (SSSR count). The van der Waals surface area contributed by atoms with E-state index in [0.29, 0.717) is 0 Å². The van der Waals surface area contributed by atoms with Crippen molar-refractivity contribution >= 4 is 7.82 Å². The fraction of sp³-hybridized carbons (Fsp3) is 0.667. The van der Waals surface area contributed by atoms with E-state index in [0.717, 1.165) is 0 Å². The Hall–Kier alpha value is -0.150. The quantitative estimate of drug-likeness (QED) is 0.391. The summed E-state index contributed by atoms with van der Waals surface area (Å²) in [5.74, 6) is 0. The van der Waals surface area contributed by atoms with Crippen molar-refractivity contribution < 1.29 is 19.2 Å². The van der Waals surface area contributed by atoms with Gasteiger partial charge in [0.2, 0.25) is 0 Å². The van der Waals surface area contributed by atoms with Gasteiger partial charge in [-0.25, -0.2) is 4.57 Å². The Morgan fingerprint density at radius 2 is 1.00 bits per heavy atom. The molecule has 0 aromatic carbocycles. The van der Waals surface area contributed by atoms with E-state index in [1.165, 1.54) is 11.1 Å². The zero-order valence-electron chi connectivity index (χ0n) is 7.20. The van der Waals surface area contributed by atoms with E-state index in [1.807, 2.05) is 0 Å². The molecule has 0 aliphatic carbocycles. The molecule has 0 heterocycles. The van der Waals surface area contributed by atoms with Crippen LogP contribution < -0.4 is 0 Å². The lowest BCUT2D eigenvalue weighted by atomic mass is 10.2. The molecule has 0 unspecified atom stereocenters. The van der Waals surface area contributed by atoms with Crippen LogP contribution in [0.3, 0.4) is 0 Å². The molecule has 0 saturated heterocycles. The molecular formula is C6H15O4P. The highest BCUT2D eigenvalue weighted by atomic mass is 31.2. The van der Waals surface area contributed by atoms with Crippen LogP contribution in [0.1, 0.15) is 27.7 Å². The van der Waals surface area contributed by atoms with Gasteiger partial charge in [0, 0.05) is 0 Å². The predicted octanol–water partition coefficient (Wildman–Crippen LogP) is 1.43. The van der Waals surface area contributed by atoms with Gasteiger partial charge in [0.05, 0.1) is 0 Å². The van der Waals surface area contributed by atoms with Crippen LogP contribution in [0.2, 0.25) is 0 Å². The molecule has 5 heteroatoms. The molecular weight excluding hydrogens is 167 g/mol. The SMILES string of the molecule is CC(C)=C(C)C.O=P(O)(O)O. The molecule has 0 atom stereocenters. The Labute approximate surface area is 66.8 Å². The van der Waals surface area contributed by atoms with Crippen LogP contribution in [0.15, 0.2) is 11.1 Å². The maximum atomic E-state index is 8.88. The van der Waals surface area contributed by atoms with E-state index < -0.39 is 7.82 Å². The van der Waals surface area contributed by atoms with E-state index in [-0.39, 0.29) is 0 Å². The summed E-state index contributed by atoms with van der Waals surface area (Å²) in [5.41, 5.74) is 2.85. The lowest BCUT2D eigenvalue weighted by molar-refractivity contribution is 0.275. The molecule has 68 valence electrons. The Bertz CT molecular complexity index is 153. The largest absolute Gasteiger partial charge is 0.466 e. The first-order chi connectivity index (χ1) is 4.64. The highest BCUT2D eigenvalue weighted by Gasteiger charge is 2.00. The highest BCUT2D eigenvalue weighted by Crippen LogP contribution is 2.25. The molecule has 0 fully saturated rings. The Balaban J connectivity index is 0. The first-order valence-corrected chi connectivity index (χ1v) is 4.60. The van der Waals surface area contributed by atoms with E-state index in [1.54, 1.807) is 0 Å². The summed E-state index contributed by atoms with van der Waals surface area (Å²) in [7, 11) is -4.64. The van der Waals surface area contributed by atoms with Crippen LogP contribution in [-0.4, -0.2) is 14.7 Å². The summed E-state index contributed by atoms with van der Waals surface area (Å²) in [6, 6.07) is 0. The van der Waals surface area contributed by atoms with Gasteiger partial charge in [-0.1, -0.05) is 11.1 Å². The maximum Gasteiger partial charge on any atom is 0.466 e. The van der Waals surface area contributed by atoms with Crippen molar-refractivity contribution in [2.45, 2.75) is 27.7 Å². The van der Waals surface area contributed by atoms with E-state index in [2.05, 4.69) is 27.7 Å². The van der Waals surface area contributed by atoms with Gasteiger partial charge in [0.15, 0.2) is 0 Å². The third-order valence-electron chi connectivity index (χ3n) is 1.00. The topological polar surface area (TPSA) is 77.8 Å². The first-order valence-electron chi connectivity index (χ1n) is 3.03. The fourth-order valence-electron chi connectivity index (χ4n) is 0. The summed E-state index contributed by atoms with van der Waals surface area (Å²) in [4.78, 5) is 21.6. The maximum absolute atomic E-state index is 8.88. The minimum atomic E-state index is -4.64. The number of phosphoric acid groups is 1. The van der Waals surface area contributed by atoms with Crippen molar-refractivity contribution in [3.8, 4) is 0 Å². The molecule has 11 heavy (non-hydrogen) atoms. The minimum absolute atomic E-state index is 1.43. The van der Waals surface area contributed by atoms with Crippen molar-refractivity contribution in [3.63, 3.8) is 0 Å². The summed E-state index contributed by atoms with van der Waals surface area (Å²) in [5, 5.41) is 0. The lowest BCUT2D eigenvalue weighted by Gasteiger charge is -1.88. The zero-order chi connectivity index (χ0) is 9.65. The third kappa shape index (κ3) is 41.0. The molecule has 0 saturated carbocycles. The van der Waals surface area contributed by atoms with Gasteiger partial charge in [0.25, 0.3) is 0 Å². The highest BCUT2D eigenvalue weighted by molar-refractivity contribution is 7.45. The van der Waals surface area contributed by atoms with E-state index >= 15 is 0 Å². The van der Waals surface area contributed by atoms with Crippen LogP contribution in [0.4, 0.5) is 0 Å². The Kier molecular flexibility index (Phi) is 6.71. The fourth-order valence-corrected chi connectivity index (χ4v) is 0. The van der Waals surface area contributed by atoms with Crippen molar-refractivity contribution in [3.05, 3.63) is 11.1 Å². The van der Waals surface area contributed by atoms with Gasteiger partial charge >= 0.3 is 7.82 Å². The van der Waals surface area contributed by atoms with Crippen molar-refractivity contribution in [1.29, 1.82) is 0 Å².